The summed E-state index contributed by atoms with van der Waals surface area (Å²) in [5, 5.41) is 0. The Morgan fingerprint density at radius 2 is 1.39 bits per heavy atom. The molecular weight excluding hydrogens is 672 g/mol. The van der Waals surface area contributed by atoms with E-state index in [1.165, 1.54) is 0 Å². The molecule has 0 fully saturated rings. The van der Waals surface area contributed by atoms with E-state index in [1.807, 2.05) is 84.7 Å². The van der Waals surface area contributed by atoms with Crippen LogP contribution in [0.2, 0.25) is 0 Å². The molecule has 7 rings (SSSR count). The third kappa shape index (κ3) is 4.47. The highest BCUT2D eigenvalue weighted by molar-refractivity contribution is 14.1. The summed E-state index contributed by atoms with van der Waals surface area (Å²) >= 11 is 2.19. The zero-order valence-corrected chi connectivity index (χ0v) is 26.4. The molecule has 0 spiro atoms. The van der Waals surface area contributed by atoms with Gasteiger partial charge in [-0.1, -0.05) is 30.3 Å². The molecule has 0 unspecified atom stereocenters. The summed E-state index contributed by atoms with van der Waals surface area (Å²) in [7, 11) is 5.08. The highest BCUT2D eigenvalue weighted by atomic mass is 127. The van der Waals surface area contributed by atoms with Gasteiger partial charge in [-0.3, -0.25) is 0 Å². The third-order valence-corrected chi connectivity index (χ3v) is 9.08. The Bertz CT molecular complexity index is 2020. The highest BCUT2D eigenvalue weighted by Crippen LogP contribution is 2.49. The molecule has 0 radical (unpaired) electrons. The van der Waals surface area contributed by atoms with Gasteiger partial charge in [0.15, 0.2) is 12.4 Å². The third-order valence-electron chi connectivity index (χ3n) is 8.03. The molecular formula is C34H27BF2IN4O2+. The van der Waals surface area contributed by atoms with Crippen LogP contribution in [0.3, 0.4) is 0 Å². The van der Waals surface area contributed by atoms with Crippen molar-refractivity contribution in [1.82, 2.24) is 4.48 Å². The molecule has 0 N–H and O–H groups in total. The van der Waals surface area contributed by atoms with E-state index >= 15 is 8.63 Å². The molecule has 0 saturated heterocycles. The second-order valence-corrected chi connectivity index (χ2v) is 11.7. The summed E-state index contributed by atoms with van der Waals surface area (Å²) in [5.74, 6) is 1.74. The van der Waals surface area contributed by atoms with Crippen molar-refractivity contribution in [2.24, 2.45) is 12.0 Å². The van der Waals surface area contributed by atoms with Gasteiger partial charge < -0.3 is 27.1 Å². The van der Waals surface area contributed by atoms with E-state index in [0.717, 1.165) is 20.1 Å². The van der Waals surface area contributed by atoms with Crippen LogP contribution < -0.4 is 14.0 Å². The number of methoxy groups -OCH3 is 2. The number of hydrogen-bond acceptors (Lipinski definition) is 3. The lowest BCUT2D eigenvalue weighted by atomic mass is 9.91. The van der Waals surface area contributed by atoms with Gasteiger partial charge in [-0.05, 0) is 99.4 Å². The van der Waals surface area contributed by atoms with Crippen molar-refractivity contribution in [2.45, 2.75) is 0 Å². The fraction of sp³-hybridized carbons (Fsp3) is 0.0882. The number of halogens is 3. The molecule has 0 atom stereocenters. The number of benzene rings is 3. The van der Waals surface area contributed by atoms with E-state index in [4.69, 9.17) is 14.5 Å². The van der Waals surface area contributed by atoms with Crippen molar-refractivity contribution < 1.29 is 27.2 Å². The van der Waals surface area contributed by atoms with Crippen LogP contribution in [0.1, 0.15) is 11.1 Å². The SMILES string of the molecule is COc1ccc(C2=[N+]3C(=Nc4c(-c5ccc[n+](C)c5)c(I)c(-c5ccc(OC)cc5)n4[B-]3(F)F)C(c3ccccc3)=C2)cc1. The van der Waals surface area contributed by atoms with Gasteiger partial charge in [-0.2, -0.15) is 0 Å². The average Bonchev–Trinajstić information content (AvgIpc) is 3.58. The van der Waals surface area contributed by atoms with E-state index in [1.54, 1.807) is 50.6 Å². The van der Waals surface area contributed by atoms with E-state index in [9.17, 15) is 0 Å². The van der Waals surface area contributed by atoms with Crippen molar-refractivity contribution >= 4 is 52.5 Å². The van der Waals surface area contributed by atoms with Crippen molar-refractivity contribution in [3.8, 4) is 33.9 Å². The minimum Gasteiger partial charge on any atom is -0.497 e. The smallest absolute Gasteiger partial charge is 0.497 e. The summed E-state index contributed by atoms with van der Waals surface area (Å²) in [4.78, 5) is 5.11. The predicted octanol–water partition coefficient (Wildman–Crippen LogP) is 7.13. The van der Waals surface area contributed by atoms with Crippen molar-refractivity contribution in [3.05, 3.63) is 124 Å². The van der Waals surface area contributed by atoms with E-state index in [2.05, 4.69) is 22.6 Å². The Kier molecular flexibility index (Phi) is 6.96. The van der Waals surface area contributed by atoms with Crippen LogP contribution in [0.4, 0.5) is 14.4 Å². The summed E-state index contributed by atoms with van der Waals surface area (Å²) in [5.41, 5.74) is 4.96. The Morgan fingerprint density at radius 1 is 0.773 bits per heavy atom. The largest absolute Gasteiger partial charge is 0.642 e. The fourth-order valence-electron chi connectivity index (χ4n) is 5.94. The van der Waals surface area contributed by atoms with Crippen LogP contribution in [-0.4, -0.2) is 41.7 Å². The van der Waals surface area contributed by atoms with Gasteiger partial charge >= 0.3 is 6.97 Å². The number of nitrogens with zero attached hydrogens (tertiary/aromatic N) is 4. The number of aromatic nitrogens is 2. The highest BCUT2D eigenvalue weighted by Gasteiger charge is 2.54. The zero-order valence-electron chi connectivity index (χ0n) is 24.2. The van der Waals surface area contributed by atoms with Crippen LogP contribution in [0.5, 0.6) is 11.5 Å². The Labute approximate surface area is 267 Å². The average molecular weight is 699 g/mol. The normalized spacial score (nSPS) is 15.0. The molecule has 5 aromatic rings. The molecule has 2 aromatic heterocycles. The maximum absolute atomic E-state index is 17.6. The maximum Gasteiger partial charge on any atom is 0.642 e. The number of aliphatic imine (C=N–C) groups is 1. The number of aryl methyl sites for hydroxylation is 1. The van der Waals surface area contributed by atoms with Gasteiger partial charge in [0, 0.05) is 20.9 Å². The molecule has 4 heterocycles. The molecule has 0 aliphatic carbocycles. The number of pyridine rings is 1. The second kappa shape index (κ2) is 10.9. The number of fused-ring (bicyclic) bond motifs is 2. The van der Waals surface area contributed by atoms with Crippen LogP contribution in [0, 0.1) is 3.57 Å². The second-order valence-electron chi connectivity index (χ2n) is 10.6. The number of allylic oxidation sites excluding steroid dienone is 1. The first kappa shape index (κ1) is 28.2. The first-order chi connectivity index (χ1) is 21.3. The maximum atomic E-state index is 17.6. The summed E-state index contributed by atoms with van der Waals surface area (Å²) in [6, 6.07) is 27.8. The molecule has 2 aliphatic rings. The van der Waals surface area contributed by atoms with Crippen LogP contribution >= 0.6 is 22.6 Å². The molecule has 0 bridgehead atoms. The Balaban J connectivity index is 1.57. The van der Waals surface area contributed by atoms with E-state index in [-0.39, 0.29) is 11.7 Å². The van der Waals surface area contributed by atoms with Gasteiger partial charge in [0.25, 0.3) is 5.84 Å². The lowest BCUT2D eigenvalue weighted by Crippen LogP contribution is -2.53. The van der Waals surface area contributed by atoms with Crippen LogP contribution in [0.15, 0.2) is 114 Å². The first-order valence-electron chi connectivity index (χ1n) is 14.0. The number of amidine groups is 1. The lowest BCUT2D eigenvalue weighted by Gasteiger charge is -2.32. The Morgan fingerprint density at radius 3 is 2.00 bits per heavy atom. The van der Waals surface area contributed by atoms with E-state index < -0.39 is 6.97 Å². The van der Waals surface area contributed by atoms with Gasteiger partial charge in [0.2, 0.25) is 5.82 Å². The minimum atomic E-state index is -4.43. The van der Waals surface area contributed by atoms with Gasteiger partial charge in [0.1, 0.15) is 18.5 Å². The molecule has 0 amide bonds. The molecule has 218 valence electrons. The van der Waals surface area contributed by atoms with Crippen LogP contribution in [0.25, 0.3) is 28.0 Å². The fourth-order valence-corrected chi connectivity index (χ4v) is 7.06. The molecule has 2 aliphatic heterocycles. The molecule has 0 saturated carbocycles. The van der Waals surface area contributed by atoms with Crippen molar-refractivity contribution in [2.75, 3.05) is 14.2 Å². The van der Waals surface area contributed by atoms with E-state index in [0.29, 0.717) is 48.7 Å². The zero-order chi connectivity index (χ0) is 30.6. The van der Waals surface area contributed by atoms with Crippen LogP contribution in [-0.2, 0) is 7.05 Å². The molecule has 44 heavy (non-hydrogen) atoms. The number of ether oxygens (including phenoxy) is 2. The predicted molar refractivity (Wildman–Crippen MR) is 178 cm³/mol. The van der Waals surface area contributed by atoms with Gasteiger partial charge in [-0.15, -0.1) is 0 Å². The molecule has 10 heteroatoms. The Hall–Kier alpha value is -4.58. The summed E-state index contributed by atoms with van der Waals surface area (Å²) < 4.78 is 50.7. The quantitative estimate of drug-likeness (QED) is 0.108. The summed E-state index contributed by atoms with van der Waals surface area (Å²) in [6.45, 7) is -4.43. The van der Waals surface area contributed by atoms with Crippen molar-refractivity contribution in [1.29, 1.82) is 0 Å². The lowest BCUT2D eigenvalue weighted by molar-refractivity contribution is -0.671. The minimum absolute atomic E-state index is 0.219. The topological polar surface area (TPSA) is 42.6 Å². The van der Waals surface area contributed by atoms with Gasteiger partial charge in [-0.25, -0.2) is 4.57 Å². The number of hydrogen-bond donors (Lipinski definition) is 0. The standard InChI is InChI=1S/C34H27BF2IN4O2/c1-40-19-7-10-25(21-40)30-31(38)32(24-13-17-27(44-3)18-14-24)42-34(30)39-33-28(22-8-5-4-6-9-22)20-29(41(33)35(42,36)37)23-11-15-26(43-2)16-12-23/h4-21H,1-3H3/q+1. The number of rotatable bonds is 6. The monoisotopic (exact) mass is 699 g/mol. The van der Waals surface area contributed by atoms with Gasteiger partial charge in [0.05, 0.1) is 36.6 Å². The first-order valence-corrected chi connectivity index (χ1v) is 15.1. The summed E-state index contributed by atoms with van der Waals surface area (Å²) in [6.07, 6.45) is 5.67. The molecule has 3 aromatic carbocycles. The van der Waals surface area contributed by atoms with Crippen molar-refractivity contribution in [3.63, 3.8) is 0 Å². The molecule has 6 nitrogen and oxygen atoms in total.